The van der Waals surface area contributed by atoms with Crippen molar-refractivity contribution >= 4 is 21.9 Å². The Balaban J connectivity index is 0.000000254. The first-order chi connectivity index (χ1) is 25.8. The molecule has 0 atom stereocenters. The molecule has 0 aliphatic rings. The van der Waals surface area contributed by atoms with Crippen molar-refractivity contribution in [2.75, 3.05) is 0 Å². The summed E-state index contributed by atoms with van der Waals surface area (Å²) in [5, 5.41) is 2.00. The Morgan fingerprint density at radius 3 is 2.16 bits per heavy atom. The van der Waals surface area contributed by atoms with E-state index in [9.17, 15) is 0 Å². The van der Waals surface area contributed by atoms with Gasteiger partial charge in [0, 0.05) is 51.7 Å². The van der Waals surface area contributed by atoms with Crippen LogP contribution in [0.2, 0.25) is 0 Å². The summed E-state index contributed by atoms with van der Waals surface area (Å²) in [5.74, 6) is 0. The number of furan rings is 1. The first-order valence-corrected chi connectivity index (χ1v) is 15.7. The fraction of sp³-hybridized carbons (Fsp3) is 0.111. The van der Waals surface area contributed by atoms with E-state index in [0.717, 1.165) is 38.7 Å². The number of hydrogen-bond acceptors (Lipinski definition) is 3. The summed E-state index contributed by atoms with van der Waals surface area (Å²) in [6.07, 6.45) is 3.04. The maximum Gasteiger partial charge on any atom is 0.120 e. The summed E-state index contributed by atoms with van der Waals surface area (Å²) in [4.78, 5) is 8.85. The molecule has 3 heterocycles. The largest absolute Gasteiger partial charge is 0.501 e. The first kappa shape index (κ1) is 26.8. The molecule has 5 aromatic carbocycles. The molecule has 0 unspecified atom stereocenters. The molecule has 0 saturated heterocycles. The number of fused-ring (bicyclic) bond motifs is 3. The van der Waals surface area contributed by atoms with Gasteiger partial charge in [0.05, 0.1) is 5.58 Å². The molecule has 8 aromatic rings. The van der Waals surface area contributed by atoms with Crippen molar-refractivity contribution in [3.63, 3.8) is 0 Å². The summed E-state index contributed by atoms with van der Waals surface area (Å²) in [5.41, 5.74) is 8.04. The van der Waals surface area contributed by atoms with Crippen molar-refractivity contribution in [3.05, 3.63) is 180 Å². The van der Waals surface area contributed by atoms with Crippen LogP contribution in [0.4, 0.5) is 0 Å². The summed E-state index contributed by atoms with van der Waals surface area (Å²) in [7, 11) is 0. The maximum absolute atomic E-state index is 8.26. The second-order valence-electron chi connectivity index (χ2n) is 12.1. The molecular weight excluding hydrogens is 777 g/mol. The SMILES string of the molecule is [2H]C([2H])([2H])c1cc(-c2[c-]cc(C(C)(C)c3ccccc3)c3c2oc2ccccc23)ncc1-c1ccccc1.[2H]C([2H])([2H])c1ccc(-c2[c-]cccc2)nc1.[Ir]. The average Bonchev–Trinajstić information content (AvgIpc) is 3.58. The molecule has 0 aliphatic carbocycles. The summed E-state index contributed by atoms with van der Waals surface area (Å²) in [6.45, 7) is -0.00487. The Hall–Kier alpha value is -5.15. The molecule has 243 valence electrons. The van der Waals surface area contributed by atoms with E-state index in [1.54, 1.807) is 30.5 Å². The molecule has 0 saturated carbocycles. The first-order valence-electron chi connectivity index (χ1n) is 18.7. The number of nitrogens with zero attached hydrogens (tertiary/aromatic N) is 2. The third-order valence-electron chi connectivity index (χ3n) is 8.61. The molecule has 1 radical (unpaired) electrons. The smallest absolute Gasteiger partial charge is 0.120 e. The van der Waals surface area contributed by atoms with E-state index in [-0.39, 0.29) is 36.6 Å². The van der Waals surface area contributed by atoms with Gasteiger partial charge in [0.25, 0.3) is 0 Å². The van der Waals surface area contributed by atoms with Crippen LogP contribution >= 0.6 is 0 Å². The van der Waals surface area contributed by atoms with Gasteiger partial charge in [0.1, 0.15) is 5.58 Å². The molecule has 0 fully saturated rings. The molecule has 0 N–H and O–H groups in total. The van der Waals surface area contributed by atoms with E-state index in [0.29, 0.717) is 22.4 Å². The van der Waals surface area contributed by atoms with Crippen LogP contribution in [-0.4, -0.2) is 9.97 Å². The van der Waals surface area contributed by atoms with Crippen LogP contribution in [0.25, 0.3) is 55.6 Å². The zero-order chi connectivity index (χ0) is 38.1. The molecule has 0 aliphatic heterocycles. The van der Waals surface area contributed by atoms with Crippen LogP contribution in [0.1, 0.15) is 44.3 Å². The minimum absolute atomic E-state index is 0. The predicted octanol–water partition coefficient (Wildman–Crippen LogP) is 11.6. The van der Waals surface area contributed by atoms with Crippen LogP contribution in [0, 0.1) is 25.8 Å². The minimum Gasteiger partial charge on any atom is -0.501 e. The average molecular weight is 819 g/mol. The second kappa shape index (κ2) is 14.5. The van der Waals surface area contributed by atoms with Crippen LogP contribution in [0.5, 0.6) is 0 Å². The van der Waals surface area contributed by atoms with E-state index in [2.05, 4.69) is 49.2 Å². The number of rotatable bonds is 5. The number of pyridine rings is 2. The standard InChI is InChI=1S/C33H26NO.C12H10N.Ir/c1-22-20-29(34-21-27(22)23-12-6-4-7-13-23)25-18-19-28(33(2,3)24-14-8-5-9-15-24)31-26-16-10-11-17-30(26)35-32(25)31;1-10-7-8-12(13-9-10)11-5-3-2-4-6-11;/h4-17,19-21H,1-3H3;2-5,7-9H,1H3;/q2*-1;/i2*1D3;. The molecule has 8 rings (SSSR count). The molecule has 0 bridgehead atoms. The van der Waals surface area contributed by atoms with Crippen LogP contribution in [-0.2, 0) is 25.5 Å². The van der Waals surface area contributed by atoms with E-state index >= 15 is 0 Å². The summed E-state index contributed by atoms with van der Waals surface area (Å²) in [6, 6.07) is 48.7. The molecule has 3 nitrogen and oxygen atoms in total. The van der Waals surface area contributed by atoms with Crippen molar-refractivity contribution in [1.82, 2.24) is 9.97 Å². The molecule has 4 heteroatoms. The molecule has 0 spiro atoms. The van der Waals surface area contributed by atoms with Crippen LogP contribution < -0.4 is 0 Å². The van der Waals surface area contributed by atoms with Gasteiger partial charge in [-0.2, -0.15) is 0 Å². The van der Waals surface area contributed by atoms with Gasteiger partial charge in [0.15, 0.2) is 0 Å². The van der Waals surface area contributed by atoms with Crippen molar-refractivity contribution in [3.8, 4) is 33.6 Å². The van der Waals surface area contributed by atoms with Gasteiger partial charge in [-0.05, 0) is 58.8 Å². The van der Waals surface area contributed by atoms with Crippen LogP contribution in [0.15, 0.2) is 150 Å². The molecule has 49 heavy (non-hydrogen) atoms. The van der Waals surface area contributed by atoms with Gasteiger partial charge < -0.3 is 14.4 Å². The zero-order valence-corrected chi connectivity index (χ0v) is 29.4. The van der Waals surface area contributed by atoms with Crippen LogP contribution in [0.3, 0.4) is 0 Å². The van der Waals surface area contributed by atoms with E-state index in [1.807, 2.05) is 91.0 Å². The Morgan fingerprint density at radius 1 is 0.714 bits per heavy atom. The van der Waals surface area contributed by atoms with Crippen molar-refractivity contribution in [2.45, 2.75) is 33.0 Å². The Morgan fingerprint density at radius 2 is 1.45 bits per heavy atom. The fourth-order valence-corrected chi connectivity index (χ4v) is 6.01. The van der Waals surface area contributed by atoms with Gasteiger partial charge in [-0.3, -0.25) is 0 Å². The second-order valence-corrected chi connectivity index (χ2v) is 12.1. The zero-order valence-electron chi connectivity index (χ0n) is 33.0. The van der Waals surface area contributed by atoms with Gasteiger partial charge in [-0.25, -0.2) is 0 Å². The maximum atomic E-state index is 8.26. The topological polar surface area (TPSA) is 38.9 Å². The monoisotopic (exact) mass is 819 g/mol. The Kier molecular flexibility index (Phi) is 7.94. The minimum atomic E-state index is -2.31. The predicted molar refractivity (Wildman–Crippen MR) is 198 cm³/mol. The Bertz CT molecular complexity index is 2530. The number of benzene rings is 5. The third kappa shape index (κ3) is 6.89. The normalized spacial score (nSPS) is 13.4. The van der Waals surface area contributed by atoms with Crippen molar-refractivity contribution in [1.29, 1.82) is 0 Å². The molecule has 0 amide bonds. The molecule has 3 aromatic heterocycles. The quantitative estimate of drug-likeness (QED) is 0.162. The van der Waals surface area contributed by atoms with Gasteiger partial charge in [0.2, 0.25) is 0 Å². The molecular formula is C45H36IrN2O-2. The van der Waals surface area contributed by atoms with Gasteiger partial charge in [-0.1, -0.05) is 122 Å². The van der Waals surface area contributed by atoms with Crippen molar-refractivity contribution < 1.29 is 32.7 Å². The van der Waals surface area contributed by atoms with E-state index < -0.39 is 13.7 Å². The van der Waals surface area contributed by atoms with Gasteiger partial charge >= 0.3 is 0 Å². The number of aromatic nitrogens is 2. The van der Waals surface area contributed by atoms with Crippen molar-refractivity contribution in [2.24, 2.45) is 0 Å². The number of aryl methyl sites for hydroxylation is 2. The third-order valence-corrected chi connectivity index (χ3v) is 8.61. The summed E-state index contributed by atoms with van der Waals surface area (Å²) < 4.78 is 52.9. The number of hydrogen-bond donors (Lipinski definition) is 0. The van der Waals surface area contributed by atoms with E-state index in [1.165, 1.54) is 11.8 Å². The fourth-order valence-electron chi connectivity index (χ4n) is 6.01. The Labute approximate surface area is 310 Å². The number of para-hydroxylation sites is 1. The van der Waals surface area contributed by atoms with E-state index in [4.69, 9.17) is 17.6 Å². The van der Waals surface area contributed by atoms with Gasteiger partial charge in [-0.15, -0.1) is 53.6 Å². The summed E-state index contributed by atoms with van der Waals surface area (Å²) >= 11 is 0.